The first-order valence-corrected chi connectivity index (χ1v) is 6.82. The van der Waals surface area contributed by atoms with Crippen molar-refractivity contribution in [1.29, 1.82) is 0 Å². The highest BCUT2D eigenvalue weighted by Gasteiger charge is 2.29. The van der Waals surface area contributed by atoms with Crippen LogP contribution < -0.4 is 0 Å². The van der Waals surface area contributed by atoms with Crippen LogP contribution in [0.2, 0.25) is 0 Å². The quantitative estimate of drug-likeness (QED) is 0.670. The second-order valence-electron chi connectivity index (χ2n) is 5.62. The average molecular weight is 213 g/mol. The molecule has 0 aromatic heterocycles. The normalized spacial score (nSPS) is 21.1. The van der Waals surface area contributed by atoms with Crippen molar-refractivity contribution in [3.63, 3.8) is 0 Å². The summed E-state index contributed by atoms with van der Waals surface area (Å²) in [6, 6.07) is 11.1. The molecule has 0 N–H and O–H groups in total. The van der Waals surface area contributed by atoms with E-state index >= 15 is 0 Å². The van der Waals surface area contributed by atoms with Crippen LogP contribution in [-0.2, 0) is 0 Å². The third-order valence-electron chi connectivity index (χ3n) is 4.17. The van der Waals surface area contributed by atoms with Gasteiger partial charge in [-0.05, 0) is 30.2 Å². The molecule has 1 aromatic carbocycles. The van der Waals surface area contributed by atoms with Gasteiger partial charge in [0.2, 0.25) is 0 Å². The number of hydrogen-bond acceptors (Lipinski definition) is 0. The minimum absolute atomic E-state index is 1.01. The summed E-state index contributed by atoms with van der Waals surface area (Å²) in [4.78, 5) is 0. The Morgan fingerprint density at radius 2 is 1.50 bits per heavy atom. The lowest BCUT2D eigenvalue weighted by Gasteiger charge is -2.29. The minimum atomic E-state index is 1.01. The monoisotopic (exact) mass is 213 g/mol. The van der Waals surface area contributed by atoms with Crippen LogP contribution in [-0.4, -0.2) is 0 Å². The van der Waals surface area contributed by atoms with E-state index in [9.17, 15) is 0 Å². The molecule has 2 saturated carbocycles. The van der Waals surface area contributed by atoms with Gasteiger partial charge in [-0.25, -0.2) is 0 Å². The predicted octanol–water partition coefficient (Wildman–Crippen LogP) is 4.60. The van der Waals surface area contributed by atoms with Crippen molar-refractivity contribution in [1.82, 2.24) is 0 Å². The highest BCUT2D eigenvalue weighted by atomic mass is 14.3. The molecule has 0 bridgehead atoms. The van der Waals surface area contributed by atoms with Gasteiger partial charge in [0.05, 0.1) is 0 Å². The second kappa shape index (κ2) is 4.61. The fourth-order valence-electron chi connectivity index (χ4n) is 2.71. The summed E-state index contributed by atoms with van der Waals surface area (Å²) in [5, 5.41) is 0. The van der Waals surface area contributed by atoms with Gasteiger partial charge in [-0.15, -0.1) is 0 Å². The molecule has 2 fully saturated rings. The van der Waals surface area contributed by atoms with Crippen LogP contribution in [0.1, 0.15) is 50.5 Å². The van der Waals surface area contributed by atoms with E-state index in [2.05, 4.69) is 30.3 Å². The largest absolute Gasteiger partial charge is 0.0622 e. The van der Waals surface area contributed by atoms with Gasteiger partial charge in [-0.1, -0.05) is 62.4 Å². The second-order valence-corrected chi connectivity index (χ2v) is 5.62. The molecule has 2 aliphatic rings. The molecule has 3 rings (SSSR count). The third kappa shape index (κ3) is 2.48. The Balaban J connectivity index is 1.67. The zero-order chi connectivity index (χ0) is 10.8. The third-order valence-corrected chi connectivity index (χ3v) is 4.17. The molecule has 16 heavy (non-hydrogen) atoms. The van der Waals surface area contributed by atoms with Crippen molar-refractivity contribution in [3.8, 4) is 0 Å². The number of benzene rings is 1. The van der Waals surface area contributed by atoms with Gasteiger partial charge in [-0.3, -0.25) is 0 Å². The van der Waals surface area contributed by atoms with Crippen molar-refractivity contribution in [2.24, 2.45) is 11.8 Å². The molecule has 0 atom stereocenters. The summed E-state index contributed by atoms with van der Waals surface area (Å²) in [5.41, 5.74) is 1.52. The summed E-state index contributed by atoms with van der Waals surface area (Å²) in [6.07, 6.45) is 10.1. The molecule has 1 radical (unpaired) electrons. The molecule has 0 aliphatic heterocycles. The van der Waals surface area contributed by atoms with E-state index in [1.54, 1.807) is 5.92 Å². The zero-order valence-corrected chi connectivity index (χ0v) is 9.99. The standard InChI is InChI=1S/C16H21/c1-2-7-15(8-3-1)16(12-14-9-10-14)11-13-5-4-6-13/h1-3,7-8,13-14H,4-6,9-12H2. The SMILES string of the molecule is c1ccc([C](CC2CCC2)CC2CC2)cc1. The van der Waals surface area contributed by atoms with Crippen molar-refractivity contribution >= 4 is 0 Å². The number of hydrogen-bond donors (Lipinski definition) is 0. The van der Waals surface area contributed by atoms with Gasteiger partial charge in [0.15, 0.2) is 0 Å². The maximum atomic E-state index is 2.30. The number of rotatable bonds is 5. The molecule has 2 aliphatic carbocycles. The van der Waals surface area contributed by atoms with E-state index in [1.807, 2.05) is 0 Å². The lowest BCUT2D eigenvalue weighted by atomic mass is 9.76. The Hall–Kier alpha value is -0.780. The smallest absolute Gasteiger partial charge is 0.00552 e. The molecular weight excluding hydrogens is 192 g/mol. The molecule has 85 valence electrons. The van der Waals surface area contributed by atoms with Crippen molar-refractivity contribution in [2.45, 2.75) is 44.9 Å². The molecule has 0 saturated heterocycles. The summed E-state index contributed by atoms with van der Waals surface area (Å²) in [6.45, 7) is 0. The van der Waals surface area contributed by atoms with Crippen molar-refractivity contribution in [2.75, 3.05) is 0 Å². The first-order valence-electron chi connectivity index (χ1n) is 6.82. The van der Waals surface area contributed by atoms with E-state index < -0.39 is 0 Å². The molecule has 0 unspecified atom stereocenters. The van der Waals surface area contributed by atoms with Gasteiger partial charge in [0.1, 0.15) is 0 Å². The maximum absolute atomic E-state index is 2.30. The van der Waals surface area contributed by atoms with Crippen LogP contribution in [0.25, 0.3) is 0 Å². The van der Waals surface area contributed by atoms with E-state index in [0.29, 0.717) is 0 Å². The molecule has 0 heterocycles. The van der Waals surface area contributed by atoms with Crippen molar-refractivity contribution < 1.29 is 0 Å². The summed E-state index contributed by atoms with van der Waals surface area (Å²) in [5.74, 6) is 3.78. The van der Waals surface area contributed by atoms with Gasteiger partial charge in [-0.2, -0.15) is 0 Å². The summed E-state index contributed by atoms with van der Waals surface area (Å²) in [7, 11) is 0. The Morgan fingerprint density at radius 3 is 2.00 bits per heavy atom. The van der Waals surface area contributed by atoms with E-state index in [-0.39, 0.29) is 0 Å². The van der Waals surface area contributed by atoms with Crippen LogP contribution in [0.5, 0.6) is 0 Å². The Morgan fingerprint density at radius 1 is 0.875 bits per heavy atom. The Bertz CT molecular complexity index is 319. The molecule has 0 amide bonds. The highest BCUT2D eigenvalue weighted by molar-refractivity contribution is 5.31. The van der Waals surface area contributed by atoms with E-state index in [1.165, 1.54) is 50.5 Å². The molecule has 0 heteroatoms. The fraction of sp³-hybridized carbons (Fsp3) is 0.562. The first-order chi connectivity index (χ1) is 7.92. The average Bonchev–Trinajstić information content (AvgIpc) is 3.06. The van der Waals surface area contributed by atoms with Crippen LogP contribution in [0.3, 0.4) is 0 Å². The molecule has 0 spiro atoms. The van der Waals surface area contributed by atoms with Crippen molar-refractivity contribution in [3.05, 3.63) is 41.8 Å². The zero-order valence-electron chi connectivity index (χ0n) is 9.99. The van der Waals surface area contributed by atoms with Crippen LogP contribution in [0.4, 0.5) is 0 Å². The van der Waals surface area contributed by atoms with Gasteiger partial charge in [0.25, 0.3) is 0 Å². The van der Waals surface area contributed by atoms with Gasteiger partial charge < -0.3 is 0 Å². The Labute approximate surface area is 99.1 Å². The van der Waals surface area contributed by atoms with Gasteiger partial charge in [0, 0.05) is 5.92 Å². The van der Waals surface area contributed by atoms with Gasteiger partial charge >= 0.3 is 0 Å². The topological polar surface area (TPSA) is 0 Å². The summed E-state index contributed by atoms with van der Waals surface area (Å²) >= 11 is 0. The fourth-order valence-corrected chi connectivity index (χ4v) is 2.71. The maximum Gasteiger partial charge on any atom is 0.00552 e. The predicted molar refractivity (Wildman–Crippen MR) is 68.1 cm³/mol. The van der Waals surface area contributed by atoms with Crippen LogP contribution in [0.15, 0.2) is 30.3 Å². The lowest BCUT2D eigenvalue weighted by molar-refractivity contribution is 0.300. The van der Waals surface area contributed by atoms with E-state index in [0.717, 1.165) is 11.8 Å². The van der Waals surface area contributed by atoms with Crippen LogP contribution in [0, 0.1) is 17.8 Å². The van der Waals surface area contributed by atoms with E-state index in [4.69, 9.17) is 0 Å². The first kappa shape index (κ1) is 10.4. The highest BCUT2D eigenvalue weighted by Crippen LogP contribution is 2.43. The van der Waals surface area contributed by atoms with Crippen LogP contribution >= 0.6 is 0 Å². The molecular formula is C16H21. The lowest BCUT2D eigenvalue weighted by Crippen LogP contribution is -2.16. The molecule has 1 aromatic rings. The minimum Gasteiger partial charge on any atom is -0.0622 e. The molecule has 0 nitrogen and oxygen atoms in total. The Kier molecular flexibility index (Phi) is 2.99. The summed E-state index contributed by atoms with van der Waals surface area (Å²) < 4.78 is 0.